The van der Waals surface area contributed by atoms with Gasteiger partial charge in [0, 0.05) is 25.4 Å². The van der Waals surface area contributed by atoms with Gasteiger partial charge in [-0.3, -0.25) is 4.79 Å². The third-order valence-corrected chi connectivity index (χ3v) is 3.77. The summed E-state index contributed by atoms with van der Waals surface area (Å²) in [5, 5.41) is 2.90. The van der Waals surface area contributed by atoms with Crippen molar-refractivity contribution in [3.8, 4) is 5.75 Å². The Hall–Kier alpha value is -2.82. The van der Waals surface area contributed by atoms with E-state index in [-0.39, 0.29) is 5.91 Å². The number of hydrogen-bond acceptors (Lipinski definition) is 3. The van der Waals surface area contributed by atoms with E-state index in [1.807, 2.05) is 66.2 Å². The van der Waals surface area contributed by atoms with Crippen LogP contribution in [0.4, 0.5) is 0 Å². The molecule has 0 aliphatic heterocycles. The molecule has 0 spiro atoms. The molecule has 0 aliphatic rings. The van der Waals surface area contributed by atoms with Crippen molar-refractivity contribution in [1.29, 1.82) is 0 Å². The molecular formula is C19H21N3O2. The number of fused-ring (bicyclic) bond motifs is 1. The number of amides is 1. The lowest BCUT2D eigenvalue weighted by molar-refractivity contribution is -0.127. The van der Waals surface area contributed by atoms with Crippen LogP contribution in [0.3, 0.4) is 0 Å². The van der Waals surface area contributed by atoms with Crippen LogP contribution in [0.25, 0.3) is 5.65 Å². The van der Waals surface area contributed by atoms with Gasteiger partial charge in [-0.1, -0.05) is 18.2 Å². The molecule has 1 amide bonds. The van der Waals surface area contributed by atoms with Crippen molar-refractivity contribution in [2.24, 2.45) is 0 Å². The van der Waals surface area contributed by atoms with E-state index in [0.717, 1.165) is 16.9 Å². The Morgan fingerprint density at radius 1 is 1.29 bits per heavy atom. The van der Waals surface area contributed by atoms with Gasteiger partial charge in [0.2, 0.25) is 0 Å². The van der Waals surface area contributed by atoms with Crippen molar-refractivity contribution in [2.75, 3.05) is 6.54 Å². The average molecular weight is 323 g/mol. The summed E-state index contributed by atoms with van der Waals surface area (Å²) in [6, 6.07) is 13.6. The minimum absolute atomic E-state index is 0.125. The molecule has 5 nitrogen and oxygen atoms in total. The van der Waals surface area contributed by atoms with Crippen molar-refractivity contribution in [1.82, 2.24) is 14.7 Å². The fourth-order valence-electron chi connectivity index (χ4n) is 2.51. The highest BCUT2D eigenvalue weighted by atomic mass is 16.5. The summed E-state index contributed by atoms with van der Waals surface area (Å²) in [5.74, 6) is 0.582. The molecule has 24 heavy (non-hydrogen) atoms. The second kappa shape index (κ2) is 7.17. The molecule has 0 radical (unpaired) electrons. The Labute approximate surface area is 141 Å². The molecule has 3 aromatic rings. The lowest BCUT2D eigenvalue weighted by Crippen LogP contribution is -2.37. The highest BCUT2D eigenvalue weighted by Gasteiger charge is 2.14. The molecule has 3 rings (SSSR count). The first-order chi connectivity index (χ1) is 11.6. The first kappa shape index (κ1) is 16.1. The van der Waals surface area contributed by atoms with Gasteiger partial charge in [-0.25, -0.2) is 4.98 Å². The summed E-state index contributed by atoms with van der Waals surface area (Å²) >= 11 is 0. The Morgan fingerprint density at radius 2 is 2.17 bits per heavy atom. The number of pyridine rings is 1. The van der Waals surface area contributed by atoms with Crippen LogP contribution < -0.4 is 10.1 Å². The zero-order chi connectivity index (χ0) is 16.9. The monoisotopic (exact) mass is 323 g/mol. The van der Waals surface area contributed by atoms with Gasteiger partial charge in [-0.05, 0) is 43.7 Å². The lowest BCUT2D eigenvalue weighted by atomic mass is 10.2. The maximum absolute atomic E-state index is 12.1. The zero-order valence-corrected chi connectivity index (χ0v) is 13.9. The van der Waals surface area contributed by atoms with E-state index in [0.29, 0.717) is 18.7 Å². The topological polar surface area (TPSA) is 55.6 Å². The third kappa shape index (κ3) is 3.93. The summed E-state index contributed by atoms with van der Waals surface area (Å²) in [7, 11) is 0. The number of rotatable bonds is 6. The van der Waals surface area contributed by atoms with Crippen molar-refractivity contribution < 1.29 is 9.53 Å². The van der Waals surface area contributed by atoms with Crippen LogP contribution in [0.5, 0.6) is 5.75 Å². The molecule has 0 bridgehead atoms. The molecule has 1 atom stereocenters. The fourth-order valence-corrected chi connectivity index (χ4v) is 2.51. The molecule has 2 aromatic heterocycles. The number of aryl methyl sites for hydroxylation is 1. The zero-order valence-electron chi connectivity index (χ0n) is 13.9. The van der Waals surface area contributed by atoms with E-state index < -0.39 is 6.10 Å². The predicted octanol–water partition coefficient (Wildman–Crippen LogP) is 2.77. The molecule has 1 aromatic carbocycles. The highest BCUT2D eigenvalue weighted by molar-refractivity contribution is 5.80. The van der Waals surface area contributed by atoms with Gasteiger partial charge in [-0.15, -0.1) is 0 Å². The molecule has 0 aliphatic carbocycles. The second-order valence-corrected chi connectivity index (χ2v) is 5.82. The second-order valence-electron chi connectivity index (χ2n) is 5.82. The SMILES string of the molecule is Cc1cccc(OC(C)C(=O)NCCc2cn3ccccc3n2)c1. The standard InChI is InChI=1S/C19H21N3O2/c1-14-6-5-7-17(12-14)24-15(2)19(23)20-10-9-16-13-22-11-4-3-8-18(22)21-16/h3-8,11-13,15H,9-10H2,1-2H3,(H,20,23). The Balaban J connectivity index is 1.49. The number of nitrogens with one attached hydrogen (secondary N) is 1. The molecule has 1 N–H and O–H groups in total. The van der Waals surface area contributed by atoms with Crippen molar-refractivity contribution >= 4 is 11.6 Å². The quantitative estimate of drug-likeness (QED) is 0.759. The average Bonchev–Trinajstić information content (AvgIpc) is 2.97. The molecule has 0 saturated heterocycles. The van der Waals surface area contributed by atoms with Crippen molar-refractivity contribution in [2.45, 2.75) is 26.4 Å². The van der Waals surface area contributed by atoms with Gasteiger partial charge in [0.25, 0.3) is 5.91 Å². The van der Waals surface area contributed by atoms with Gasteiger partial charge >= 0.3 is 0 Å². The highest BCUT2D eigenvalue weighted by Crippen LogP contribution is 2.14. The Kier molecular flexibility index (Phi) is 4.79. The fraction of sp³-hybridized carbons (Fsp3) is 0.263. The van der Waals surface area contributed by atoms with Crippen molar-refractivity contribution in [3.05, 3.63) is 66.1 Å². The normalized spacial score (nSPS) is 12.1. The van der Waals surface area contributed by atoms with Crippen LogP contribution in [0, 0.1) is 6.92 Å². The number of benzene rings is 1. The maximum atomic E-state index is 12.1. The van der Waals surface area contributed by atoms with E-state index in [9.17, 15) is 4.79 Å². The number of hydrogen-bond donors (Lipinski definition) is 1. The van der Waals surface area contributed by atoms with Crippen LogP contribution in [-0.4, -0.2) is 27.9 Å². The van der Waals surface area contributed by atoms with Crippen LogP contribution in [0.15, 0.2) is 54.9 Å². The first-order valence-electron chi connectivity index (χ1n) is 8.05. The Morgan fingerprint density at radius 3 is 2.96 bits per heavy atom. The van der Waals surface area contributed by atoms with Gasteiger partial charge in [-0.2, -0.15) is 0 Å². The molecule has 1 unspecified atom stereocenters. The summed E-state index contributed by atoms with van der Waals surface area (Å²) in [5.41, 5.74) is 2.97. The molecule has 2 heterocycles. The Bertz CT molecular complexity index is 808. The van der Waals surface area contributed by atoms with E-state index in [4.69, 9.17) is 4.74 Å². The smallest absolute Gasteiger partial charge is 0.260 e. The van der Waals surface area contributed by atoms with Crippen LogP contribution in [0.2, 0.25) is 0 Å². The molecular weight excluding hydrogens is 302 g/mol. The van der Waals surface area contributed by atoms with Gasteiger partial charge in [0.05, 0.1) is 5.69 Å². The minimum atomic E-state index is -0.534. The van der Waals surface area contributed by atoms with E-state index in [2.05, 4.69) is 10.3 Å². The summed E-state index contributed by atoms with van der Waals surface area (Å²) < 4.78 is 7.65. The van der Waals surface area contributed by atoms with Crippen molar-refractivity contribution in [3.63, 3.8) is 0 Å². The lowest BCUT2D eigenvalue weighted by Gasteiger charge is -2.14. The van der Waals surface area contributed by atoms with Crippen LogP contribution in [0.1, 0.15) is 18.2 Å². The summed E-state index contributed by atoms with van der Waals surface area (Å²) in [6.45, 7) is 4.28. The van der Waals surface area contributed by atoms with E-state index in [1.165, 1.54) is 0 Å². The van der Waals surface area contributed by atoms with Crippen LogP contribution in [-0.2, 0) is 11.2 Å². The molecule has 124 valence electrons. The largest absolute Gasteiger partial charge is 0.481 e. The van der Waals surface area contributed by atoms with E-state index in [1.54, 1.807) is 6.92 Å². The number of imidazole rings is 1. The number of ether oxygens (including phenoxy) is 1. The number of carbonyl (C=O) groups is 1. The van der Waals surface area contributed by atoms with Gasteiger partial charge in [0.1, 0.15) is 11.4 Å². The summed E-state index contributed by atoms with van der Waals surface area (Å²) in [6.07, 6.45) is 4.09. The van der Waals surface area contributed by atoms with Gasteiger partial charge < -0.3 is 14.5 Å². The number of aromatic nitrogens is 2. The maximum Gasteiger partial charge on any atom is 0.260 e. The van der Waals surface area contributed by atoms with Crippen LogP contribution >= 0.6 is 0 Å². The summed E-state index contributed by atoms with van der Waals surface area (Å²) in [4.78, 5) is 16.6. The number of nitrogens with zero attached hydrogens (tertiary/aromatic N) is 2. The number of carbonyl (C=O) groups excluding carboxylic acids is 1. The molecule has 5 heteroatoms. The minimum Gasteiger partial charge on any atom is -0.481 e. The van der Waals surface area contributed by atoms with Gasteiger partial charge in [0.15, 0.2) is 6.10 Å². The third-order valence-electron chi connectivity index (χ3n) is 3.77. The van der Waals surface area contributed by atoms with E-state index >= 15 is 0 Å². The molecule has 0 fully saturated rings. The predicted molar refractivity (Wildman–Crippen MR) is 93.2 cm³/mol. The molecule has 0 saturated carbocycles. The first-order valence-corrected chi connectivity index (χ1v) is 8.05.